The summed E-state index contributed by atoms with van der Waals surface area (Å²) in [7, 11) is 0. The topological polar surface area (TPSA) is 56.7 Å². The van der Waals surface area contributed by atoms with Crippen molar-refractivity contribution < 1.29 is 0 Å². The largest absolute Gasteiger partial charge is 0.393 e. The molecule has 1 atom stereocenters. The summed E-state index contributed by atoms with van der Waals surface area (Å²) in [6.07, 6.45) is 3.62. The Balaban J connectivity index is 2.35. The highest BCUT2D eigenvalue weighted by molar-refractivity contribution is 7.80. The van der Waals surface area contributed by atoms with Gasteiger partial charge in [-0.25, -0.2) is 9.97 Å². The van der Waals surface area contributed by atoms with E-state index in [1.807, 2.05) is 30.7 Å². The summed E-state index contributed by atoms with van der Waals surface area (Å²) < 4.78 is 1.98. The van der Waals surface area contributed by atoms with Gasteiger partial charge in [0, 0.05) is 18.7 Å². The van der Waals surface area contributed by atoms with Crippen LogP contribution in [0.1, 0.15) is 12.5 Å². The fourth-order valence-electron chi connectivity index (χ4n) is 1.57. The lowest BCUT2D eigenvalue weighted by atomic mass is 10.2. The Morgan fingerprint density at radius 2 is 2.31 bits per heavy atom. The van der Waals surface area contributed by atoms with Crippen LogP contribution in [-0.4, -0.2) is 19.5 Å². The molecule has 5 heteroatoms. The van der Waals surface area contributed by atoms with Gasteiger partial charge in [0.25, 0.3) is 0 Å². The fourth-order valence-corrected chi connectivity index (χ4v) is 1.64. The lowest BCUT2D eigenvalue weighted by Crippen LogP contribution is -2.22. The van der Waals surface area contributed by atoms with Gasteiger partial charge in [-0.15, -0.1) is 0 Å². The number of nitrogens with two attached hydrogens (primary N) is 1. The van der Waals surface area contributed by atoms with E-state index >= 15 is 0 Å². The van der Waals surface area contributed by atoms with E-state index in [0.29, 0.717) is 4.99 Å². The molecule has 4 nitrogen and oxygen atoms in total. The molecule has 2 aromatic rings. The number of hydrogen-bond donors (Lipinski definition) is 1. The highest BCUT2D eigenvalue weighted by atomic mass is 32.1. The number of rotatable bonds is 3. The Morgan fingerprint density at radius 3 is 3.00 bits per heavy atom. The molecule has 84 valence electrons. The fraction of sp³-hybridized carbons (Fsp3) is 0.364. The van der Waals surface area contributed by atoms with Crippen LogP contribution in [0.2, 0.25) is 0 Å². The van der Waals surface area contributed by atoms with Gasteiger partial charge >= 0.3 is 0 Å². The summed E-state index contributed by atoms with van der Waals surface area (Å²) in [5, 5.41) is 0. The Bertz CT molecular complexity index is 532. The normalized spacial score (nSPS) is 12.9. The molecule has 0 aliphatic rings. The Labute approximate surface area is 99.5 Å². The quantitative estimate of drug-likeness (QED) is 0.821. The molecule has 1 unspecified atom stereocenters. The third-order valence-electron chi connectivity index (χ3n) is 2.55. The van der Waals surface area contributed by atoms with Crippen LogP contribution in [-0.2, 0) is 6.54 Å². The van der Waals surface area contributed by atoms with Crippen molar-refractivity contribution in [2.75, 3.05) is 0 Å². The van der Waals surface area contributed by atoms with Crippen molar-refractivity contribution in [3.05, 3.63) is 24.2 Å². The van der Waals surface area contributed by atoms with E-state index in [0.717, 1.165) is 23.3 Å². The van der Waals surface area contributed by atoms with E-state index < -0.39 is 0 Å². The van der Waals surface area contributed by atoms with Crippen molar-refractivity contribution >= 4 is 28.4 Å². The van der Waals surface area contributed by atoms with Gasteiger partial charge < -0.3 is 10.3 Å². The number of aromatic nitrogens is 3. The first-order valence-electron chi connectivity index (χ1n) is 5.14. The van der Waals surface area contributed by atoms with Crippen LogP contribution in [0.15, 0.2) is 18.6 Å². The van der Waals surface area contributed by atoms with Crippen LogP contribution in [0, 0.1) is 12.8 Å². The summed E-state index contributed by atoms with van der Waals surface area (Å²) in [6.45, 7) is 4.73. The first kappa shape index (κ1) is 11.0. The average Bonchev–Trinajstić information content (AvgIpc) is 2.60. The highest BCUT2D eigenvalue weighted by Gasteiger charge is 2.09. The highest BCUT2D eigenvalue weighted by Crippen LogP contribution is 2.13. The molecule has 16 heavy (non-hydrogen) atoms. The van der Waals surface area contributed by atoms with Crippen LogP contribution in [0.5, 0.6) is 0 Å². The molecule has 0 radical (unpaired) electrons. The van der Waals surface area contributed by atoms with Crippen LogP contribution in [0.4, 0.5) is 0 Å². The minimum absolute atomic E-state index is 0.149. The Morgan fingerprint density at radius 1 is 1.56 bits per heavy atom. The maximum atomic E-state index is 5.60. The number of nitrogens with zero attached hydrogens (tertiary/aromatic N) is 3. The van der Waals surface area contributed by atoms with E-state index in [-0.39, 0.29) is 5.92 Å². The van der Waals surface area contributed by atoms with E-state index in [1.165, 1.54) is 0 Å². The molecule has 0 aliphatic heterocycles. The van der Waals surface area contributed by atoms with Gasteiger partial charge in [-0.1, -0.05) is 19.1 Å². The molecule has 2 heterocycles. The lowest BCUT2D eigenvalue weighted by Gasteiger charge is -2.10. The molecule has 2 N–H and O–H groups in total. The Kier molecular flexibility index (Phi) is 2.87. The SMILES string of the molecule is Cc1cnc2c(c1)ncn2CC(C)C(N)=S. The Hall–Kier alpha value is -1.49. The van der Waals surface area contributed by atoms with Crippen molar-refractivity contribution in [1.29, 1.82) is 0 Å². The monoisotopic (exact) mass is 234 g/mol. The summed E-state index contributed by atoms with van der Waals surface area (Å²) >= 11 is 4.96. The first-order chi connectivity index (χ1) is 7.58. The second-order valence-electron chi connectivity index (χ2n) is 4.06. The molecule has 0 fully saturated rings. The molecular formula is C11H14N4S. The molecule has 0 aliphatic carbocycles. The number of thiocarbonyl (C=S) groups is 1. The molecule has 2 aromatic heterocycles. The maximum Gasteiger partial charge on any atom is 0.159 e. The maximum absolute atomic E-state index is 5.60. The van der Waals surface area contributed by atoms with Crippen molar-refractivity contribution in [1.82, 2.24) is 14.5 Å². The van der Waals surface area contributed by atoms with Crippen molar-refractivity contribution in [3.8, 4) is 0 Å². The predicted molar refractivity (Wildman–Crippen MR) is 68.2 cm³/mol. The van der Waals surface area contributed by atoms with Crippen molar-refractivity contribution in [2.24, 2.45) is 11.7 Å². The van der Waals surface area contributed by atoms with Crippen molar-refractivity contribution in [3.63, 3.8) is 0 Å². The number of aryl methyl sites for hydroxylation is 1. The molecule has 0 saturated carbocycles. The van der Waals surface area contributed by atoms with E-state index in [1.54, 1.807) is 6.33 Å². The molecule has 0 aromatic carbocycles. The number of hydrogen-bond acceptors (Lipinski definition) is 3. The average molecular weight is 234 g/mol. The molecule has 0 bridgehead atoms. The molecule has 2 rings (SSSR count). The smallest absolute Gasteiger partial charge is 0.159 e. The lowest BCUT2D eigenvalue weighted by molar-refractivity contribution is 0.608. The minimum atomic E-state index is 0.149. The van der Waals surface area contributed by atoms with Gasteiger partial charge in [0.2, 0.25) is 0 Å². The zero-order valence-corrected chi connectivity index (χ0v) is 10.2. The van der Waals surface area contributed by atoms with Gasteiger partial charge in [0.05, 0.1) is 11.3 Å². The zero-order valence-electron chi connectivity index (χ0n) is 9.34. The van der Waals surface area contributed by atoms with Crippen LogP contribution >= 0.6 is 12.2 Å². The van der Waals surface area contributed by atoms with E-state index in [9.17, 15) is 0 Å². The number of imidazole rings is 1. The predicted octanol–water partition coefficient (Wildman–Crippen LogP) is 1.66. The van der Waals surface area contributed by atoms with E-state index in [2.05, 4.69) is 9.97 Å². The molecule has 0 spiro atoms. The molecular weight excluding hydrogens is 220 g/mol. The second kappa shape index (κ2) is 4.17. The third kappa shape index (κ3) is 2.04. The van der Waals surface area contributed by atoms with Gasteiger partial charge in [-0.05, 0) is 18.6 Å². The van der Waals surface area contributed by atoms with Gasteiger partial charge in [-0.3, -0.25) is 0 Å². The van der Waals surface area contributed by atoms with Gasteiger partial charge in [-0.2, -0.15) is 0 Å². The third-order valence-corrected chi connectivity index (χ3v) is 2.95. The van der Waals surface area contributed by atoms with Crippen LogP contribution < -0.4 is 5.73 Å². The second-order valence-corrected chi connectivity index (χ2v) is 4.53. The van der Waals surface area contributed by atoms with Crippen molar-refractivity contribution in [2.45, 2.75) is 20.4 Å². The number of pyridine rings is 1. The summed E-state index contributed by atoms with van der Waals surface area (Å²) in [4.78, 5) is 9.20. The van der Waals surface area contributed by atoms with Crippen LogP contribution in [0.3, 0.4) is 0 Å². The summed E-state index contributed by atoms with van der Waals surface area (Å²) in [5.41, 5.74) is 8.50. The van der Waals surface area contributed by atoms with Gasteiger partial charge in [0.15, 0.2) is 5.65 Å². The van der Waals surface area contributed by atoms with Gasteiger partial charge in [0.1, 0.15) is 5.52 Å². The summed E-state index contributed by atoms with van der Waals surface area (Å²) in [5.74, 6) is 0.149. The molecule has 0 amide bonds. The van der Waals surface area contributed by atoms with Crippen LogP contribution in [0.25, 0.3) is 11.2 Å². The summed E-state index contributed by atoms with van der Waals surface area (Å²) in [6, 6.07) is 2.02. The minimum Gasteiger partial charge on any atom is -0.393 e. The zero-order chi connectivity index (χ0) is 11.7. The molecule has 0 saturated heterocycles. The van der Waals surface area contributed by atoms with E-state index in [4.69, 9.17) is 18.0 Å². The first-order valence-corrected chi connectivity index (χ1v) is 5.55. The standard InChI is InChI=1S/C11H14N4S/c1-7-3-9-11(13-4-7)15(6-14-9)5-8(2)10(12)16/h3-4,6,8H,5H2,1-2H3,(H2,12,16). The number of fused-ring (bicyclic) bond motifs is 1.